The van der Waals surface area contributed by atoms with Crippen LogP contribution in [0.3, 0.4) is 0 Å². The van der Waals surface area contributed by atoms with E-state index in [1.165, 1.54) is 5.56 Å². The van der Waals surface area contributed by atoms with Crippen LogP contribution >= 0.6 is 0 Å². The molecule has 0 spiro atoms. The number of rotatable bonds is 4. The van der Waals surface area contributed by atoms with Gasteiger partial charge in [0.25, 0.3) is 0 Å². The van der Waals surface area contributed by atoms with Crippen molar-refractivity contribution in [2.24, 2.45) is 5.73 Å². The Balaban J connectivity index is 1.88. The van der Waals surface area contributed by atoms with Gasteiger partial charge in [0.2, 0.25) is 0 Å². The minimum Gasteiger partial charge on any atom is -0.395 e. The molecule has 1 saturated heterocycles. The first-order valence-corrected chi connectivity index (χ1v) is 7.15. The summed E-state index contributed by atoms with van der Waals surface area (Å²) in [4.78, 5) is 4.75. The van der Waals surface area contributed by atoms with Crippen LogP contribution in [0.5, 0.6) is 0 Å². The predicted molar refractivity (Wildman–Crippen MR) is 81.2 cm³/mol. The van der Waals surface area contributed by atoms with Crippen molar-refractivity contribution in [1.82, 2.24) is 9.80 Å². The van der Waals surface area contributed by atoms with E-state index in [0.29, 0.717) is 6.54 Å². The second-order valence-corrected chi connectivity index (χ2v) is 5.05. The highest BCUT2D eigenvalue weighted by Crippen LogP contribution is 2.10. The van der Waals surface area contributed by atoms with Crippen molar-refractivity contribution < 1.29 is 5.11 Å². The van der Waals surface area contributed by atoms with E-state index in [0.717, 1.165) is 44.8 Å². The summed E-state index contributed by atoms with van der Waals surface area (Å²) in [6.45, 7) is 6.58. The van der Waals surface area contributed by atoms with Crippen molar-refractivity contribution in [2.45, 2.75) is 6.54 Å². The van der Waals surface area contributed by atoms with Gasteiger partial charge in [0, 0.05) is 44.8 Å². The summed E-state index contributed by atoms with van der Waals surface area (Å²) in [5, 5.41) is 8.94. The Morgan fingerprint density at radius 2 is 1.90 bits per heavy atom. The third-order valence-corrected chi connectivity index (χ3v) is 3.55. The summed E-state index contributed by atoms with van der Waals surface area (Å²) >= 11 is 0. The minimum atomic E-state index is 0.252. The molecule has 0 aromatic heterocycles. The van der Waals surface area contributed by atoms with E-state index in [4.69, 9.17) is 10.8 Å². The highest BCUT2D eigenvalue weighted by molar-refractivity contribution is 5.37. The lowest BCUT2D eigenvalue weighted by Crippen LogP contribution is -2.46. The smallest absolute Gasteiger partial charge is 0.0558 e. The van der Waals surface area contributed by atoms with Gasteiger partial charge in [-0.1, -0.05) is 24.0 Å². The molecular formula is C16H23N3O. The van der Waals surface area contributed by atoms with Crippen LogP contribution in [0.15, 0.2) is 24.3 Å². The van der Waals surface area contributed by atoms with E-state index in [9.17, 15) is 0 Å². The van der Waals surface area contributed by atoms with E-state index in [-0.39, 0.29) is 6.61 Å². The third-order valence-electron chi connectivity index (χ3n) is 3.55. The molecule has 2 rings (SSSR count). The highest BCUT2D eigenvalue weighted by atomic mass is 16.3. The number of nitrogens with two attached hydrogens (primary N) is 1. The zero-order chi connectivity index (χ0) is 14.2. The zero-order valence-corrected chi connectivity index (χ0v) is 11.9. The van der Waals surface area contributed by atoms with Crippen LogP contribution in [0.25, 0.3) is 0 Å². The molecule has 4 nitrogen and oxygen atoms in total. The SMILES string of the molecule is NCC#Cc1cccc(CN2CCN(CCO)CC2)c1. The van der Waals surface area contributed by atoms with Crippen molar-refractivity contribution in [3.8, 4) is 11.8 Å². The Labute approximate surface area is 121 Å². The summed E-state index contributed by atoms with van der Waals surface area (Å²) in [6.07, 6.45) is 0. The van der Waals surface area contributed by atoms with Crippen molar-refractivity contribution >= 4 is 0 Å². The molecule has 1 aromatic carbocycles. The summed E-state index contributed by atoms with van der Waals surface area (Å²) in [7, 11) is 0. The van der Waals surface area contributed by atoms with E-state index >= 15 is 0 Å². The fourth-order valence-corrected chi connectivity index (χ4v) is 2.47. The number of aliphatic hydroxyl groups excluding tert-OH is 1. The molecule has 4 heteroatoms. The number of nitrogens with zero attached hydrogens (tertiary/aromatic N) is 2. The molecule has 0 aliphatic carbocycles. The van der Waals surface area contributed by atoms with Crippen molar-refractivity contribution in [3.05, 3.63) is 35.4 Å². The molecule has 1 aromatic rings. The van der Waals surface area contributed by atoms with Crippen LogP contribution in [0.1, 0.15) is 11.1 Å². The maximum Gasteiger partial charge on any atom is 0.0558 e. The first kappa shape index (κ1) is 15.0. The van der Waals surface area contributed by atoms with Gasteiger partial charge in [-0.15, -0.1) is 0 Å². The lowest BCUT2D eigenvalue weighted by Gasteiger charge is -2.34. The van der Waals surface area contributed by atoms with E-state index in [1.54, 1.807) is 0 Å². The molecule has 20 heavy (non-hydrogen) atoms. The van der Waals surface area contributed by atoms with Gasteiger partial charge in [0.15, 0.2) is 0 Å². The van der Waals surface area contributed by atoms with Gasteiger partial charge in [-0.25, -0.2) is 0 Å². The molecule has 0 unspecified atom stereocenters. The van der Waals surface area contributed by atoms with Gasteiger partial charge in [0.1, 0.15) is 0 Å². The van der Waals surface area contributed by atoms with Crippen LogP contribution in [0.4, 0.5) is 0 Å². The Kier molecular flexibility index (Phi) is 6.03. The van der Waals surface area contributed by atoms with Gasteiger partial charge in [-0.3, -0.25) is 9.80 Å². The highest BCUT2D eigenvalue weighted by Gasteiger charge is 2.16. The van der Waals surface area contributed by atoms with E-state index in [1.807, 2.05) is 6.07 Å². The monoisotopic (exact) mass is 273 g/mol. The lowest BCUT2D eigenvalue weighted by molar-refractivity contribution is 0.108. The van der Waals surface area contributed by atoms with Gasteiger partial charge in [0.05, 0.1) is 13.2 Å². The summed E-state index contributed by atoms with van der Waals surface area (Å²) < 4.78 is 0. The molecular weight excluding hydrogens is 250 g/mol. The zero-order valence-electron chi connectivity index (χ0n) is 11.9. The fourth-order valence-electron chi connectivity index (χ4n) is 2.47. The molecule has 1 heterocycles. The number of β-amino-alcohol motifs (C(OH)–C–C–N with tert-alkyl or cyclic N) is 1. The molecule has 1 aliphatic heterocycles. The van der Waals surface area contributed by atoms with Gasteiger partial charge >= 0.3 is 0 Å². The molecule has 1 aliphatic rings. The second kappa shape index (κ2) is 8.03. The standard InChI is InChI=1S/C16H23N3O/c17-6-2-5-15-3-1-4-16(13-15)14-19-9-7-18(8-10-19)11-12-20/h1,3-4,13,20H,6-12,14,17H2. The van der Waals surface area contributed by atoms with Crippen molar-refractivity contribution in [1.29, 1.82) is 0 Å². The lowest BCUT2D eigenvalue weighted by atomic mass is 10.1. The van der Waals surface area contributed by atoms with Crippen LogP contribution < -0.4 is 5.73 Å². The van der Waals surface area contributed by atoms with Crippen molar-refractivity contribution in [2.75, 3.05) is 45.9 Å². The van der Waals surface area contributed by atoms with Crippen LogP contribution in [0, 0.1) is 11.8 Å². The molecule has 0 saturated carbocycles. The van der Waals surface area contributed by atoms with E-state index in [2.05, 4.69) is 39.8 Å². The van der Waals surface area contributed by atoms with E-state index < -0.39 is 0 Å². The summed E-state index contributed by atoms with van der Waals surface area (Å²) in [5.74, 6) is 5.97. The Morgan fingerprint density at radius 1 is 1.15 bits per heavy atom. The summed E-state index contributed by atoms with van der Waals surface area (Å²) in [6, 6.07) is 8.36. The number of hydrogen-bond acceptors (Lipinski definition) is 4. The largest absolute Gasteiger partial charge is 0.395 e. The average molecular weight is 273 g/mol. The predicted octanol–water partition coefficient (Wildman–Crippen LogP) is 0.107. The number of benzene rings is 1. The van der Waals surface area contributed by atoms with Crippen LogP contribution in [-0.2, 0) is 6.54 Å². The fraction of sp³-hybridized carbons (Fsp3) is 0.500. The average Bonchev–Trinajstić information content (AvgIpc) is 2.48. The first-order chi connectivity index (χ1) is 9.81. The molecule has 0 atom stereocenters. The van der Waals surface area contributed by atoms with Crippen LogP contribution in [0.2, 0.25) is 0 Å². The van der Waals surface area contributed by atoms with Gasteiger partial charge in [-0.05, 0) is 17.7 Å². The molecule has 0 radical (unpaired) electrons. The Morgan fingerprint density at radius 3 is 2.60 bits per heavy atom. The topological polar surface area (TPSA) is 52.7 Å². The van der Waals surface area contributed by atoms with Crippen LogP contribution in [-0.4, -0.2) is 60.8 Å². The van der Waals surface area contributed by atoms with Gasteiger partial charge in [-0.2, -0.15) is 0 Å². The normalized spacial score (nSPS) is 16.7. The molecule has 0 bridgehead atoms. The Hall–Kier alpha value is -1.38. The number of hydrogen-bond donors (Lipinski definition) is 2. The molecule has 0 amide bonds. The maximum absolute atomic E-state index is 8.94. The maximum atomic E-state index is 8.94. The summed E-state index contributed by atoms with van der Waals surface area (Å²) in [5.41, 5.74) is 7.73. The number of piperazine rings is 1. The molecule has 3 N–H and O–H groups in total. The quantitative estimate of drug-likeness (QED) is 0.765. The first-order valence-electron chi connectivity index (χ1n) is 7.15. The Bertz CT molecular complexity index is 470. The third kappa shape index (κ3) is 4.62. The number of aliphatic hydroxyl groups is 1. The second-order valence-electron chi connectivity index (χ2n) is 5.05. The minimum absolute atomic E-state index is 0.252. The molecule has 1 fully saturated rings. The van der Waals surface area contributed by atoms with Gasteiger partial charge < -0.3 is 10.8 Å². The molecule has 108 valence electrons. The van der Waals surface area contributed by atoms with Crippen molar-refractivity contribution in [3.63, 3.8) is 0 Å².